The summed E-state index contributed by atoms with van der Waals surface area (Å²) in [7, 11) is 0. The average Bonchev–Trinajstić information content (AvgIpc) is 3.01. The maximum Gasteiger partial charge on any atom is 0.258 e. The van der Waals surface area contributed by atoms with Gasteiger partial charge >= 0.3 is 0 Å². The van der Waals surface area contributed by atoms with Gasteiger partial charge in [0.15, 0.2) is 0 Å². The van der Waals surface area contributed by atoms with Crippen LogP contribution in [-0.4, -0.2) is 40.0 Å². The van der Waals surface area contributed by atoms with Crippen LogP contribution in [0.4, 0.5) is 0 Å². The smallest absolute Gasteiger partial charge is 0.258 e. The fraction of sp³-hybridized carbons (Fsp3) is 0.500. The molecule has 1 atom stereocenters. The summed E-state index contributed by atoms with van der Waals surface area (Å²) in [6.45, 7) is 6.10. The number of nitrogens with zero attached hydrogens (tertiary/aromatic N) is 3. The first-order valence-corrected chi connectivity index (χ1v) is 7.70. The average molecular weight is 323 g/mol. The molecule has 0 radical (unpaired) electrons. The predicted molar refractivity (Wildman–Crippen MR) is 90.7 cm³/mol. The number of nitrogens with one attached hydrogen (secondary N) is 1. The van der Waals surface area contributed by atoms with Crippen molar-refractivity contribution < 1.29 is 0 Å². The molecule has 3 heterocycles. The summed E-state index contributed by atoms with van der Waals surface area (Å²) in [6.07, 6.45) is 4.05. The zero-order valence-corrected chi connectivity index (χ0v) is 13.7. The van der Waals surface area contributed by atoms with Crippen LogP contribution in [0.5, 0.6) is 0 Å². The van der Waals surface area contributed by atoms with Crippen molar-refractivity contribution in [3.8, 4) is 0 Å². The summed E-state index contributed by atoms with van der Waals surface area (Å²) in [5.74, 6) is 0. The molecule has 0 spiro atoms. The molecule has 22 heavy (non-hydrogen) atoms. The first-order chi connectivity index (χ1) is 10.3. The van der Waals surface area contributed by atoms with Crippen LogP contribution in [0.1, 0.15) is 25.5 Å². The normalized spacial score (nSPS) is 17.8. The van der Waals surface area contributed by atoms with Gasteiger partial charge in [0.2, 0.25) is 0 Å². The summed E-state index contributed by atoms with van der Waals surface area (Å²) in [5.41, 5.74) is 1.59. The van der Waals surface area contributed by atoms with Gasteiger partial charge in [-0.05, 0) is 38.1 Å². The fourth-order valence-corrected chi connectivity index (χ4v) is 3.02. The van der Waals surface area contributed by atoms with Crippen molar-refractivity contribution >= 4 is 18.1 Å². The van der Waals surface area contributed by atoms with Crippen LogP contribution in [0.15, 0.2) is 35.3 Å². The van der Waals surface area contributed by atoms with Crippen molar-refractivity contribution in [3.05, 3.63) is 46.5 Å². The highest BCUT2D eigenvalue weighted by Gasteiger charge is 2.22. The summed E-state index contributed by atoms with van der Waals surface area (Å²) in [6, 6.07) is 7.87. The van der Waals surface area contributed by atoms with Gasteiger partial charge in [0.05, 0.1) is 5.69 Å². The molecule has 1 unspecified atom stereocenters. The molecule has 120 valence electrons. The van der Waals surface area contributed by atoms with Crippen molar-refractivity contribution in [2.24, 2.45) is 0 Å². The highest BCUT2D eigenvalue weighted by atomic mass is 35.5. The molecule has 0 aliphatic carbocycles. The molecular weight excluding hydrogens is 300 g/mol. The Morgan fingerprint density at radius 1 is 1.45 bits per heavy atom. The monoisotopic (exact) mass is 322 g/mol. The van der Waals surface area contributed by atoms with Crippen LogP contribution < -0.4 is 10.9 Å². The Morgan fingerprint density at radius 2 is 2.32 bits per heavy atom. The second-order valence-electron chi connectivity index (χ2n) is 5.63. The molecule has 0 aromatic carbocycles. The van der Waals surface area contributed by atoms with E-state index in [2.05, 4.69) is 22.1 Å². The van der Waals surface area contributed by atoms with Gasteiger partial charge in [0.25, 0.3) is 5.56 Å². The lowest BCUT2D eigenvalue weighted by atomic mass is 10.2. The third kappa shape index (κ3) is 3.66. The van der Waals surface area contributed by atoms with Crippen molar-refractivity contribution in [1.82, 2.24) is 19.6 Å². The van der Waals surface area contributed by atoms with E-state index in [-0.39, 0.29) is 18.0 Å². The maximum atomic E-state index is 12.2. The minimum absolute atomic E-state index is 0. The molecule has 0 amide bonds. The molecule has 2 aromatic rings. The summed E-state index contributed by atoms with van der Waals surface area (Å²) >= 11 is 0. The van der Waals surface area contributed by atoms with Gasteiger partial charge in [-0.2, -0.15) is 0 Å². The third-order valence-corrected chi connectivity index (χ3v) is 4.05. The van der Waals surface area contributed by atoms with E-state index in [9.17, 15) is 4.79 Å². The number of hydrogen-bond acceptors (Lipinski definition) is 4. The van der Waals surface area contributed by atoms with Crippen LogP contribution >= 0.6 is 12.4 Å². The van der Waals surface area contributed by atoms with E-state index >= 15 is 0 Å². The van der Waals surface area contributed by atoms with Crippen LogP contribution in [0.25, 0.3) is 5.65 Å². The largest absolute Gasteiger partial charge is 0.315 e. The number of aromatic nitrogens is 2. The van der Waals surface area contributed by atoms with Gasteiger partial charge in [-0.15, -0.1) is 12.4 Å². The number of fused-ring (bicyclic) bond motifs is 1. The Hall–Kier alpha value is -1.43. The van der Waals surface area contributed by atoms with E-state index in [1.165, 1.54) is 6.42 Å². The molecule has 1 aliphatic heterocycles. The Labute approximate surface area is 136 Å². The van der Waals surface area contributed by atoms with Crippen LogP contribution in [0.2, 0.25) is 0 Å². The number of halogens is 1. The Morgan fingerprint density at radius 3 is 3.05 bits per heavy atom. The van der Waals surface area contributed by atoms with Gasteiger partial charge in [0, 0.05) is 31.4 Å². The lowest BCUT2D eigenvalue weighted by molar-refractivity contribution is 0.197. The summed E-state index contributed by atoms with van der Waals surface area (Å²) in [5, 5.41) is 3.41. The topological polar surface area (TPSA) is 49.6 Å². The van der Waals surface area contributed by atoms with E-state index in [0.29, 0.717) is 6.04 Å². The van der Waals surface area contributed by atoms with Gasteiger partial charge in [-0.1, -0.05) is 13.0 Å². The lowest BCUT2D eigenvalue weighted by Crippen LogP contribution is -2.37. The van der Waals surface area contributed by atoms with Crippen LogP contribution in [-0.2, 0) is 6.54 Å². The molecule has 2 aromatic heterocycles. The second-order valence-corrected chi connectivity index (χ2v) is 5.63. The number of rotatable bonds is 5. The van der Waals surface area contributed by atoms with Gasteiger partial charge in [0.1, 0.15) is 5.65 Å². The lowest BCUT2D eigenvalue weighted by Gasteiger charge is -2.27. The molecule has 6 heteroatoms. The first-order valence-electron chi connectivity index (χ1n) is 7.70. The molecule has 0 bridgehead atoms. The number of pyridine rings is 1. The maximum absolute atomic E-state index is 12.2. The SMILES string of the molecule is CCCN(Cc1cc(=O)n2ccccc2n1)C1CCNC1.Cl. The zero-order chi connectivity index (χ0) is 14.7. The summed E-state index contributed by atoms with van der Waals surface area (Å²) in [4.78, 5) is 19.2. The van der Waals surface area contributed by atoms with Crippen molar-refractivity contribution in [2.75, 3.05) is 19.6 Å². The quantitative estimate of drug-likeness (QED) is 0.910. The molecule has 1 aliphatic rings. The standard InChI is InChI=1S/C16H22N4O.ClH/c1-2-8-19(14-6-7-17-11-14)12-13-10-16(21)20-9-4-3-5-15(20)18-13;/h3-5,9-10,14,17H,2,6-8,11-12H2,1H3;1H. The Balaban J connectivity index is 0.00000176. The van der Waals surface area contributed by atoms with E-state index in [0.717, 1.165) is 43.9 Å². The van der Waals surface area contributed by atoms with Crippen molar-refractivity contribution in [1.29, 1.82) is 0 Å². The Bertz CT molecular complexity index is 666. The molecule has 1 fully saturated rings. The molecule has 5 nitrogen and oxygen atoms in total. The van der Waals surface area contributed by atoms with Crippen molar-refractivity contribution in [3.63, 3.8) is 0 Å². The highest BCUT2D eigenvalue weighted by Crippen LogP contribution is 2.12. The van der Waals surface area contributed by atoms with E-state index in [4.69, 9.17) is 0 Å². The van der Waals surface area contributed by atoms with E-state index in [1.807, 2.05) is 18.2 Å². The minimum Gasteiger partial charge on any atom is -0.315 e. The van der Waals surface area contributed by atoms with Gasteiger partial charge < -0.3 is 5.32 Å². The molecule has 0 saturated carbocycles. The number of hydrogen-bond donors (Lipinski definition) is 1. The van der Waals surface area contributed by atoms with Gasteiger partial charge in [-0.25, -0.2) is 4.98 Å². The molecule has 1 saturated heterocycles. The van der Waals surface area contributed by atoms with E-state index in [1.54, 1.807) is 16.7 Å². The van der Waals surface area contributed by atoms with Gasteiger partial charge in [-0.3, -0.25) is 14.1 Å². The highest BCUT2D eigenvalue weighted by molar-refractivity contribution is 5.85. The second kappa shape index (κ2) is 7.72. The third-order valence-electron chi connectivity index (χ3n) is 4.05. The molecule has 1 N–H and O–H groups in total. The fourth-order valence-electron chi connectivity index (χ4n) is 3.02. The predicted octanol–water partition coefficient (Wildman–Crippen LogP) is 1.69. The molecular formula is C16H23ClN4O. The first kappa shape index (κ1) is 16.9. The molecule has 3 rings (SSSR count). The zero-order valence-electron chi connectivity index (χ0n) is 12.9. The minimum atomic E-state index is -0.00315. The van der Waals surface area contributed by atoms with Crippen molar-refractivity contribution in [2.45, 2.75) is 32.4 Å². The van der Waals surface area contributed by atoms with E-state index < -0.39 is 0 Å². The van der Waals surface area contributed by atoms with Crippen LogP contribution in [0.3, 0.4) is 0 Å². The van der Waals surface area contributed by atoms with Crippen LogP contribution in [0, 0.1) is 0 Å². The summed E-state index contributed by atoms with van der Waals surface area (Å²) < 4.78 is 1.59. The Kier molecular flexibility index (Phi) is 5.94.